The fraction of sp³-hybridized carbons (Fsp3) is 0.632. The van der Waals surface area contributed by atoms with E-state index in [1.165, 1.54) is 12.5 Å². The maximum Gasteiger partial charge on any atom is 0.293 e. The lowest BCUT2D eigenvalue weighted by Crippen LogP contribution is -2.44. The normalized spacial score (nSPS) is 19.7. The van der Waals surface area contributed by atoms with Gasteiger partial charge in [0, 0.05) is 50.9 Å². The van der Waals surface area contributed by atoms with Crippen LogP contribution in [0.25, 0.3) is 0 Å². The Bertz CT molecular complexity index is 648. The van der Waals surface area contributed by atoms with Gasteiger partial charge in [0.15, 0.2) is 0 Å². The topological polar surface area (TPSA) is 69.9 Å². The van der Waals surface area contributed by atoms with Gasteiger partial charge in [-0.2, -0.15) is 0 Å². The standard InChI is InChI=1S/C19H28N4O3/c1-20-11-13-21(14-12-20)17-8-7-16(15-18(17)23(25)26)19(24)22-9-5-3-2-4-6-10-22/h7-8,15H,2-6,9-14H2,1H3. The predicted octanol–water partition coefficient (Wildman–Crippen LogP) is 2.75. The van der Waals surface area contributed by atoms with Crippen molar-refractivity contribution in [3.05, 3.63) is 33.9 Å². The number of carbonyl (C=O) groups is 1. The molecule has 1 amide bonds. The quantitative estimate of drug-likeness (QED) is 0.612. The lowest BCUT2D eigenvalue weighted by Gasteiger charge is -2.33. The summed E-state index contributed by atoms with van der Waals surface area (Å²) in [4.78, 5) is 30.2. The van der Waals surface area contributed by atoms with E-state index in [1.807, 2.05) is 9.80 Å². The summed E-state index contributed by atoms with van der Waals surface area (Å²) >= 11 is 0. The van der Waals surface area contributed by atoms with E-state index in [0.29, 0.717) is 11.3 Å². The van der Waals surface area contributed by atoms with E-state index in [1.54, 1.807) is 12.1 Å². The third-order valence-corrected chi connectivity index (χ3v) is 5.41. The van der Waals surface area contributed by atoms with Crippen LogP contribution in [-0.4, -0.2) is 66.9 Å². The number of nitro benzene ring substituents is 1. The summed E-state index contributed by atoms with van der Waals surface area (Å²) in [6.07, 6.45) is 5.53. The number of hydrogen-bond acceptors (Lipinski definition) is 5. The van der Waals surface area contributed by atoms with Crippen molar-refractivity contribution in [3.8, 4) is 0 Å². The van der Waals surface area contributed by atoms with Crippen LogP contribution in [0.4, 0.5) is 11.4 Å². The van der Waals surface area contributed by atoms with Gasteiger partial charge in [0.1, 0.15) is 5.69 Å². The van der Waals surface area contributed by atoms with Crippen molar-refractivity contribution >= 4 is 17.3 Å². The van der Waals surface area contributed by atoms with E-state index in [-0.39, 0.29) is 16.5 Å². The fourth-order valence-electron chi connectivity index (χ4n) is 3.75. The van der Waals surface area contributed by atoms with Gasteiger partial charge >= 0.3 is 0 Å². The van der Waals surface area contributed by atoms with Crippen LogP contribution in [0.3, 0.4) is 0 Å². The minimum atomic E-state index is -0.363. The van der Waals surface area contributed by atoms with Crippen molar-refractivity contribution < 1.29 is 9.72 Å². The first-order chi connectivity index (χ1) is 12.6. The monoisotopic (exact) mass is 360 g/mol. The molecule has 2 fully saturated rings. The van der Waals surface area contributed by atoms with E-state index >= 15 is 0 Å². The van der Waals surface area contributed by atoms with E-state index in [2.05, 4.69) is 11.9 Å². The largest absolute Gasteiger partial charge is 0.363 e. The third-order valence-electron chi connectivity index (χ3n) is 5.41. The number of anilines is 1. The Kier molecular flexibility index (Phi) is 6.08. The molecule has 3 rings (SSSR count). The van der Waals surface area contributed by atoms with E-state index in [4.69, 9.17) is 0 Å². The molecule has 0 aliphatic carbocycles. The Morgan fingerprint density at radius 2 is 1.58 bits per heavy atom. The molecule has 2 heterocycles. The summed E-state index contributed by atoms with van der Waals surface area (Å²) in [6, 6.07) is 4.97. The van der Waals surface area contributed by atoms with E-state index < -0.39 is 0 Å². The summed E-state index contributed by atoms with van der Waals surface area (Å²) in [6.45, 7) is 4.77. The molecule has 0 saturated carbocycles. The zero-order valence-corrected chi connectivity index (χ0v) is 15.5. The van der Waals surface area contributed by atoms with Crippen molar-refractivity contribution in [2.45, 2.75) is 32.1 Å². The minimum absolute atomic E-state index is 0.0347. The molecule has 2 aliphatic heterocycles. The molecule has 0 radical (unpaired) electrons. The minimum Gasteiger partial charge on any atom is -0.363 e. The number of amides is 1. The molecule has 0 unspecified atom stereocenters. The predicted molar refractivity (Wildman–Crippen MR) is 102 cm³/mol. The highest BCUT2D eigenvalue weighted by Crippen LogP contribution is 2.30. The van der Waals surface area contributed by atoms with Gasteiger partial charge in [0.25, 0.3) is 11.6 Å². The van der Waals surface area contributed by atoms with Crippen molar-refractivity contribution in [1.82, 2.24) is 9.80 Å². The molecular weight excluding hydrogens is 332 g/mol. The molecule has 0 bridgehead atoms. The highest BCUT2D eigenvalue weighted by atomic mass is 16.6. The van der Waals surface area contributed by atoms with Gasteiger partial charge in [-0.05, 0) is 32.0 Å². The number of benzene rings is 1. The number of likely N-dealkylation sites (tertiary alicyclic amines) is 1. The van der Waals surface area contributed by atoms with Gasteiger partial charge in [-0.25, -0.2) is 0 Å². The summed E-state index contributed by atoms with van der Waals surface area (Å²) in [5.41, 5.74) is 1.08. The number of hydrogen-bond donors (Lipinski definition) is 0. The average Bonchev–Trinajstić information content (AvgIpc) is 2.61. The van der Waals surface area contributed by atoms with Crippen molar-refractivity contribution in [2.24, 2.45) is 0 Å². The summed E-state index contributed by atoms with van der Waals surface area (Å²) in [7, 11) is 2.05. The van der Waals surface area contributed by atoms with Crippen molar-refractivity contribution in [1.29, 1.82) is 0 Å². The van der Waals surface area contributed by atoms with Crippen LogP contribution in [0.5, 0.6) is 0 Å². The fourth-order valence-corrected chi connectivity index (χ4v) is 3.75. The van der Waals surface area contributed by atoms with E-state index in [0.717, 1.165) is 65.0 Å². The van der Waals surface area contributed by atoms with Crippen LogP contribution >= 0.6 is 0 Å². The molecule has 0 N–H and O–H groups in total. The van der Waals surface area contributed by atoms with Gasteiger partial charge in [-0.3, -0.25) is 14.9 Å². The number of likely N-dealkylation sites (N-methyl/N-ethyl adjacent to an activating group) is 1. The van der Waals surface area contributed by atoms with Gasteiger partial charge in [-0.1, -0.05) is 19.3 Å². The van der Waals surface area contributed by atoms with Gasteiger partial charge < -0.3 is 14.7 Å². The van der Waals surface area contributed by atoms with Gasteiger partial charge in [-0.15, -0.1) is 0 Å². The molecular formula is C19H28N4O3. The molecule has 142 valence electrons. The zero-order valence-electron chi connectivity index (χ0n) is 15.5. The summed E-state index contributed by atoms with van der Waals surface area (Å²) in [5.74, 6) is -0.0834. The highest BCUT2D eigenvalue weighted by Gasteiger charge is 2.25. The zero-order chi connectivity index (χ0) is 18.5. The lowest BCUT2D eigenvalue weighted by molar-refractivity contribution is -0.384. The van der Waals surface area contributed by atoms with Crippen molar-refractivity contribution in [3.63, 3.8) is 0 Å². The molecule has 0 aromatic heterocycles. The molecule has 0 spiro atoms. The van der Waals surface area contributed by atoms with Crippen LogP contribution in [0.15, 0.2) is 18.2 Å². The molecule has 1 aromatic carbocycles. The van der Waals surface area contributed by atoms with Crippen LogP contribution in [-0.2, 0) is 0 Å². The maximum atomic E-state index is 12.9. The molecule has 2 aliphatic rings. The molecule has 26 heavy (non-hydrogen) atoms. The molecule has 7 heteroatoms. The number of carbonyl (C=O) groups excluding carboxylic acids is 1. The molecule has 7 nitrogen and oxygen atoms in total. The number of piperazine rings is 1. The first-order valence-corrected chi connectivity index (χ1v) is 9.57. The highest BCUT2D eigenvalue weighted by molar-refractivity contribution is 5.95. The van der Waals surface area contributed by atoms with Gasteiger partial charge in [0.05, 0.1) is 4.92 Å². The Hall–Kier alpha value is -2.15. The van der Waals surface area contributed by atoms with Crippen molar-refractivity contribution in [2.75, 3.05) is 51.2 Å². The Labute approximate surface area is 154 Å². The smallest absolute Gasteiger partial charge is 0.293 e. The Morgan fingerprint density at radius 1 is 0.962 bits per heavy atom. The number of nitrogens with zero attached hydrogens (tertiary/aromatic N) is 4. The number of rotatable bonds is 3. The second-order valence-electron chi connectivity index (χ2n) is 7.31. The third kappa shape index (κ3) is 4.33. The van der Waals surface area contributed by atoms with Crippen LogP contribution in [0.2, 0.25) is 0 Å². The second kappa shape index (κ2) is 8.49. The Balaban J connectivity index is 1.81. The summed E-state index contributed by atoms with van der Waals surface area (Å²) in [5, 5.41) is 11.6. The molecule has 0 atom stereocenters. The maximum absolute atomic E-state index is 12.9. The summed E-state index contributed by atoms with van der Waals surface area (Å²) < 4.78 is 0. The van der Waals surface area contributed by atoms with Crippen LogP contribution < -0.4 is 4.90 Å². The van der Waals surface area contributed by atoms with Gasteiger partial charge in [0.2, 0.25) is 0 Å². The van der Waals surface area contributed by atoms with Crippen LogP contribution in [0.1, 0.15) is 42.5 Å². The number of nitro groups is 1. The second-order valence-corrected chi connectivity index (χ2v) is 7.31. The first kappa shape index (κ1) is 18.6. The first-order valence-electron chi connectivity index (χ1n) is 9.57. The molecule has 1 aromatic rings. The Morgan fingerprint density at radius 3 is 2.19 bits per heavy atom. The van der Waals surface area contributed by atoms with Crippen LogP contribution in [0, 0.1) is 10.1 Å². The average molecular weight is 360 g/mol. The SMILES string of the molecule is CN1CCN(c2ccc(C(=O)N3CCCCCCC3)cc2[N+](=O)[O-])CC1. The van der Waals surface area contributed by atoms with E-state index in [9.17, 15) is 14.9 Å². The molecule has 2 saturated heterocycles. The lowest BCUT2D eigenvalue weighted by atomic mass is 10.1.